The molecule has 1 aromatic rings. The monoisotopic (exact) mass is 310 g/mol. The molecule has 0 saturated carbocycles. The minimum atomic E-state index is -3.58. The van der Waals surface area contributed by atoms with Gasteiger partial charge in [0.1, 0.15) is 0 Å². The zero-order chi connectivity index (χ0) is 16.0. The summed E-state index contributed by atoms with van der Waals surface area (Å²) in [6.45, 7) is 3.76. The Kier molecular flexibility index (Phi) is 5.88. The van der Waals surface area contributed by atoms with Crippen LogP contribution in [-0.4, -0.2) is 36.9 Å². The van der Waals surface area contributed by atoms with E-state index in [9.17, 15) is 13.2 Å². The van der Waals surface area contributed by atoms with Gasteiger partial charge in [0.05, 0.1) is 23.3 Å². The first-order chi connectivity index (χ1) is 9.80. The fourth-order valence-electron chi connectivity index (χ4n) is 1.88. The molecule has 0 radical (unpaired) electrons. The third-order valence-electron chi connectivity index (χ3n) is 2.97. The lowest BCUT2D eigenvalue weighted by Gasteiger charge is -2.21. The number of carboxylic acids is 1. The highest BCUT2D eigenvalue weighted by Crippen LogP contribution is 2.14. The Morgan fingerprint density at radius 1 is 1.48 bits per heavy atom. The summed E-state index contributed by atoms with van der Waals surface area (Å²) >= 11 is 0. The van der Waals surface area contributed by atoms with Crippen LogP contribution in [-0.2, 0) is 15.8 Å². The van der Waals surface area contributed by atoms with E-state index in [1.807, 2.05) is 6.07 Å². The van der Waals surface area contributed by atoms with Crippen molar-refractivity contribution in [1.82, 2.24) is 4.31 Å². The second kappa shape index (κ2) is 7.20. The van der Waals surface area contributed by atoms with Crippen LogP contribution in [0, 0.1) is 17.2 Å². The largest absolute Gasteiger partial charge is 0.478 e. The van der Waals surface area contributed by atoms with Crippen molar-refractivity contribution < 1.29 is 18.3 Å². The first kappa shape index (κ1) is 17.1. The van der Waals surface area contributed by atoms with Crippen LogP contribution in [0.15, 0.2) is 24.3 Å². The summed E-state index contributed by atoms with van der Waals surface area (Å²) in [5.74, 6) is -1.77. The van der Waals surface area contributed by atoms with E-state index < -0.39 is 21.9 Å². The zero-order valence-electron chi connectivity index (χ0n) is 12.0. The molecule has 1 N–H and O–H groups in total. The van der Waals surface area contributed by atoms with Gasteiger partial charge in [-0.25, -0.2) is 17.5 Å². The van der Waals surface area contributed by atoms with E-state index in [-0.39, 0.29) is 24.4 Å². The van der Waals surface area contributed by atoms with Crippen LogP contribution in [0.1, 0.15) is 29.8 Å². The van der Waals surface area contributed by atoms with Crippen molar-refractivity contribution in [1.29, 1.82) is 5.26 Å². The van der Waals surface area contributed by atoms with Crippen LogP contribution >= 0.6 is 0 Å². The summed E-state index contributed by atoms with van der Waals surface area (Å²) < 4.78 is 25.9. The Bertz CT molecular complexity index is 649. The van der Waals surface area contributed by atoms with Crippen LogP contribution in [0.3, 0.4) is 0 Å². The highest BCUT2D eigenvalue weighted by Gasteiger charge is 2.23. The van der Waals surface area contributed by atoms with Gasteiger partial charge in [0.15, 0.2) is 0 Å². The van der Waals surface area contributed by atoms with Crippen LogP contribution in [0.25, 0.3) is 0 Å². The molecule has 1 unspecified atom stereocenters. The van der Waals surface area contributed by atoms with Crippen molar-refractivity contribution in [3.8, 4) is 6.07 Å². The van der Waals surface area contributed by atoms with E-state index in [2.05, 4.69) is 0 Å². The summed E-state index contributed by atoms with van der Waals surface area (Å²) in [6.07, 6.45) is 0. The van der Waals surface area contributed by atoms with Crippen LogP contribution in [0.2, 0.25) is 0 Å². The maximum absolute atomic E-state index is 12.3. The van der Waals surface area contributed by atoms with E-state index in [0.717, 1.165) is 0 Å². The smallest absolute Gasteiger partial charge is 0.335 e. The van der Waals surface area contributed by atoms with Crippen molar-refractivity contribution in [3.05, 3.63) is 35.4 Å². The van der Waals surface area contributed by atoms with Crippen molar-refractivity contribution in [2.45, 2.75) is 19.6 Å². The van der Waals surface area contributed by atoms with E-state index >= 15 is 0 Å². The zero-order valence-corrected chi connectivity index (χ0v) is 12.8. The number of benzene rings is 1. The molecule has 6 nitrogen and oxygen atoms in total. The molecular weight excluding hydrogens is 292 g/mol. The number of nitriles is 1. The highest BCUT2D eigenvalue weighted by atomic mass is 32.2. The molecule has 0 heterocycles. The summed E-state index contributed by atoms with van der Waals surface area (Å²) in [4.78, 5) is 10.9. The van der Waals surface area contributed by atoms with E-state index in [1.165, 1.54) is 22.5 Å². The van der Waals surface area contributed by atoms with Crippen molar-refractivity contribution >= 4 is 16.0 Å². The minimum absolute atomic E-state index is 0.0520. The molecule has 114 valence electrons. The Balaban J connectivity index is 2.96. The molecule has 0 aliphatic heterocycles. The molecule has 1 rings (SSSR count). The minimum Gasteiger partial charge on any atom is -0.478 e. The Morgan fingerprint density at radius 3 is 2.67 bits per heavy atom. The Hall–Kier alpha value is -1.91. The summed E-state index contributed by atoms with van der Waals surface area (Å²) in [7, 11) is -3.58. The SMILES string of the molecule is CCN(CC(C)C#N)S(=O)(=O)Cc1cccc(C(=O)O)c1. The van der Waals surface area contributed by atoms with Gasteiger partial charge in [-0.05, 0) is 24.6 Å². The maximum atomic E-state index is 12.3. The van der Waals surface area contributed by atoms with Gasteiger partial charge < -0.3 is 5.11 Å². The third kappa shape index (κ3) is 4.85. The molecule has 0 spiro atoms. The number of carbonyl (C=O) groups is 1. The van der Waals surface area contributed by atoms with E-state index in [0.29, 0.717) is 5.56 Å². The lowest BCUT2D eigenvalue weighted by Crippen LogP contribution is -2.35. The second-order valence-corrected chi connectivity index (χ2v) is 6.71. The van der Waals surface area contributed by atoms with Crippen LogP contribution in [0.4, 0.5) is 0 Å². The first-order valence-electron chi connectivity index (χ1n) is 6.49. The van der Waals surface area contributed by atoms with Gasteiger partial charge in [0.2, 0.25) is 10.0 Å². The van der Waals surface area contributed by atoms with Crippen LogP contribution in [0.5, 0.6) is 0 Å². The third-order valence-corrected chi connectivity index (χ3v) is 4.86. The second-order valence-electron chi connectivity index (χ2n) is 4.74. The standard InChI is InChI=1S/C14H18N2O4S/c1-3-16(9-11(2)8-15)21(19,20)10-12-5-4-6-13(7-12)14(17)18/h4-7,11H,3,9-10H2,1-2H3,(H,17,18). The first-order valence-corrected chi connectivity index (χ1v) is 8.10. The molecule has 0 amide bonds. The molecule has 0 saturated heterocycles. The normalized spacial score (nSPS) is 12.9. The quantitative estimate of drug-likeness (QED) is 0.826. The van der Waals surface area contributed by atoms with E-state index in [4.69, 9.17) is 10.4 Å². The average molecular weight is 310 g/mol. The number of rotatable bonds is 7. The molecule has 1 atom stereocenters. The van der Waals surface area contributed by atoms with Gasteiger partial charge in [0.25, 0.3) is 0 Å². The molecule has 0 aromatic heterocycles. The summed E-state index contributed by atoms with van der Waals surface area (Å²) in [5, 5.41) is 17.7. The fraction of sp³-hybridized carbons (Fsp3) is 0.429. The summed E-state index contributed by atoms with van der Waals surface area (Å²) in [6, 6.07) is 7.86. The number of carboxylic acid groups (broad SMARTS) is 1. The van der Waals surface area contributed by atoms with Crippen LogP contribution < -0.4 is 0 Å². The molecule has 0 fully saturated rings. The number of sulfonamides is 1. The fourth-order valence-corrected chi connectivity index (χ4v) is 3.51. The van der Waals surface area contributed by atoms with Gasteiger partial charge in [-0.3, -0.25) is 0 Å². The van der Waals surface area contributed by atoms with Crippen molar-refractivity contribution in [2.24, 2.45) is 5.92 Å². The molecule has 0 aliphatic rings. The molecule has 21 heavy (non-hydrogen) atoms. The average Bonchev–Trinajstić information content (AvgIpc) is 2.43. The Labute approximate surface area is 124 Å². The van der Waals surface area contributed by atoms with Gasteiger partial charge in [-0.1, -0.05) is 19.1 Å². The van der Waals surface area contributed by atoms with Gasteiger partial charge >= 0.3 is 5.97 Å². The number of hydrogen-bond acceptors (Lipinski definition) is 4. The molecule has 0 aliphatic carbocycles. The van der Waals surface area contributed by atoms with Gasteiger partial charge in [0, 0.05) is 13.1 Å². The molecule has 1 aromatic carbocycles. The topological polar surface area (TPSA) is 98.5 Å². The lowest BCUT2D eigenvalue weighted by atomic mass is 10.1. The van der Waals surface area contributed by atoms with Crippen molar-refractivity contribution in [2.75, 3.05) is 13.1 Å². The number of hydrogen-bond donors (Lipinski definition) is 1. The van der Waals surface area contributed by atoms with Gasteiger partial charge in [-0.2, -0.15) is 5.26 Å². The lowest BCUT2D eigenvalue weighted by molar-refractivity contribution is 0.0696. The molecule has 7 heteroatoms. The molecule has 0 bridgehead atoms. The predicted octanol–water partition coefficient (Wildman–Crippen LogP) is 1.70. The number of aromatic carboxylic acids is 1. The van der Waals surface area contributed by atoms with Gasteiger partial charge in [-0.15, -0.1) is 0 Å². The summed E-state index contributed by atoms with van der Waals surface area (Å²) in [5.41, 5.74) is 0.467. The van der Waals surface area contributed by atoms with Crippen molar-refractivity contribution in [3.63, 3.8) is 0 Å². The van der Waals surface area contributed by atoms with E-state index in [1.54, 1.807) is 19.9 Å². The molecular formula is C14H18N2O4S. The highest BCUT2D eigenvalue weighted by molar-refractivity contribution is 7.88. The Morgan fingerprint density at radius 2 is 2.14 bits per heavy atom. The predicted molar refractivity (Wildman–Crippen MR) is 78.0 cm³/mol. The number of nitrogens with zero attached hydrogens (tertiary/aromatic N) is 2. The maximum Gasteiger partial charge on any atom is 0.335 e.